The zero-order valence-corrected chi connectivity index (χ0v) is 8.75. The number of aromatic nitrogens is 1. The second kappa shape index (κ2) is 3.74. The molecule has 3 heteroatoms. The molecule has 0 atom stereocenters. The first-order valence-electron chi connectivity index (χ1n) is 3.41. The summed E-state index contributed by atoms with van der Waals surface area (Å²) in [4.78, 5) is 6.34. The molecule has 0 unspecified atom stereocenters. The molecule has 0 aliphatic carbocycles. The molecule has 0 bridgehead atoms. The van der Waals surface area contributed by atoms with Crippen LogP contribution in [0.2, 0.25) is 5.82 Å². The fraction of sp³-hybridized carbons (Fsp3) is 0.375. The van der Waals surface area contributed by atoms with E-state index in [0.29, 0.717) is 15.0 Å². The topological polar surface area (TPSA) is 16.1 Å². The Labute approximate surface area is 73.8 Å². The van der Waals surface area contributed by atoms with Gasteiger partial charge in [-0.2, -0.15) is 0 Å². The molecular weight excluding hydrogens is 203 g/mol. The Kier molecular flexibility index (Phi) is 2.92. The Hall–Kier alpha value is -0.531. The summed E-state index contributed by atoms with van der Waals surface area (Å²) in [5.41, 5.74) is 1.23. The predicted molar refractivity (Wildman–Crippen MR) is 49.8 cm³/mol. The van der Waals surface area contributed by atoms with Crippen LogP contribution in [-0.4, -0.2) is 34.0 Å². The summed E-state index contributed by atoms with van der Waals surface area (Å²) in [6.45, 7) is 0. The third-order valence-corrected chi connectivity index (χ3v) is 2.79. The Bertz CT molecular complexity index is 235. The van der Waals surface area contributed by atoms with Crippen molar-refractivity contribution in [3.05, 3.63) is 18.3 Å². The van der Waals surface area contributed by atoms with Crippen LogP contribution in [0.5, 0.6) is 0 Å². The summed E-state index contributed by atoms with van der Waals surface area (Å²) in [5, 5.41) is 0. The van der Waals surface area contributed by atoms with Crippen LogP contribution >= 0.6 is 0 Å². The van der Waals surface area contributed by atoms with Gasteiger partial charge in [0.05, 0.1) is 0 Å². The monoisotopic (exact) mass is 216 g/mol. The van der Waals surface area contributed by atoms with Crippen molar-refractivity contribution in [2.75, 3.05) is 19.0 Å². The third-order valence-electron chi connectivity index (χ3n) is 1.44. The number of hydrogen-bond acceptors (Lipinski definition) is 2. The van der Waals surface area contributed by atoms with Crippen LogP contribution in [-0.2, 0) is 0 Å². The first-order valence-corrected chi connectivity index (χ1v) is 5.98. The first-order chi connectivity index (χ1) is 5.24. The minimum absolute atomic E-state index is 0.506. The van der Waals surface area contributed by atoms with E-state index in [4.69, 9.17) is 0 Å². The molecule has 1 heterocycles. The van der Waals surface area contributed by atoms with Crippen molar-refractivity contribution in [2.45, 2.75) is 5.82 Å². The van der Waals surface area contributed by atoms with Crippen molar-refractivity contribution in [1.82, 2.24) is 4.98 Å². The van der Waals surface area contributed by atoms with Gasteiger partial charge in [-0.25, -0.2) is 0 Å². The predicted octanol–water partition coefficient (Wildman–Crippen LogP) is 0.525. The van der Waals surface area contributed by atoms with Gasteiger partial charge >= 0.3 is 73.4 Å². The number of anilines is 1. The van der Waals surface area contributed by atoms with Crippen molar-refractivity contribution >= 4 is 25.2 Å². The summed E-state index contributed by atoms with van der Waals surface area (Å²) < 4.78 is 1.21. The molecule has 0 aliphatic rings. The van der Waals surface area contributed by atoms with E-state index >= 15 is 0 Å². The molecule has 0 radical (unpaired) electrons. The normalized spacial score (nSPS) is 9.73. The van der Waals surface area contributed by atoms with E-state index < -0.39 is 0 Å². The molecule has 0 saturated carbocycles. The van der Waals surface area contributed by atoms with Gasteiger partial charge in [0, 0.05) is 0 Å². The second-order valence-electron chi connectivity index (χ2n) is 2.45. The van der Waals surface area contributed by atoms with Crippen molar-refractivity contribution in [3.63, 3.8) is 0 Å². The van der Waals surface area contributed by atoms with E-state index in [1.807, 2.05) is 26.4 Å². The molecule has 1 rings (SSSR count). The van der Waals surface area contributed by atoms with E-state index in [1.165, 1.54) is 10.3 Å². The van der Waals surface area contributed by atoms with Crippen molar-refractivity contribution < 1.29 is 0 Å². The molecule has 1 aromatic heterocycles. The van der Waals surface area contributed by atoms with E-state index in [0.717, 1.165) is 0 Å². The number of rotatable bonds is 2. The fourth-order valence-corrected chi connectivity index (χ4v) is 1.64. The Balaban J connectivity index is 2.91. The van der Waals surface area contributed by atoms with Crippen LogP contribution in [0.25, 0.3) is 0 Å². The molecule has 0 fully saturated rings. The number of hydrogen-bond donors (Lipinski definition) is 0. The van der Waals surface area contributed by atoms with Crippen molar-refractivity contribution in [1.29, 1.82) is 0 Å². The van der Waals surface area contributed by atoms with Crippen molar-refractivity contribution in [3.8, 4) is 0 Å². The molecule has 2 nitrogen and oxygen atoms in total. The van der Waals surface area contributed by atoms with Crippen LogP contribution in [0.3, 0.4) is 0 Å². The van der Waals surface area contributed by atoms with Gasteiger partial charge in [-0.3, -0.25) is 0 Å². The van der Waals surface area contributed by atoms with Crippen LogP contribution in [0.15, 0.2) is 18.3 Å². The molecule has 0 spiro atoms. The maximum atomic E-state index is 4.24. The molecule has 0 N–H and O–H groups in total. The summed E-state index contributed by atoms with van der Waals surface area (Å²) in [5.74, 6) is 2.18. The Morgan fingerprint density at radius 1 is 1.45 bits per heavy atom. The van der Waals surface area contributed by atoms with Gasteiger partial charge in [0.15, 0.2) is 0 Å². The molecule has 60 valence electrons. The Morgan fingerprint density at radius 3 is 2.73 bits per heavy atom. The third kappa shape index (κ3) is 2.21. The van der Waals surface area contributed by atoms with Gasteiger partial charge in [0.25, 0.3) is 0 Å². The second-order valence-corrected chi connectivity index (χ2v) is 4.18. The Morgan fingerprint density at radius 2 is 2.18 bits per heavy atom. The summed E-state index contributed by atoms with van der Waals surface area (Å²) in [6, 6.07) is 4.16. The van der Waals surface area contributed by atoms with Crippen LogP contribution in [0.1, 0.15) is 0 Å². The van der Waals surface area contributed by atoms with Gasteiger partial charge < -0.3 is 0 Å². The molecule has 0 aliphatic heterocycles. The van der Waals surface area contributed by atoms with E-state index in [-0.39, 0.29) is 0 Å². The molecule has 0 aromatic carbocycles. The van der Waals surface area contributed by atoms with Crippen molar-refractivity contribution in [2.24, 2.45) is 0 Å². The van der Waals surface area contributed by atoms with Crippen LogP contribution < -0.4 is 9.49 Å². The van der Waals surface area contributed by atoms with Crippen LogP contribution in [0, 0.1) is 0 Å². The average Bonchev–Trinajstić information content (AvgIpc) is 2.05. The molecule has 0 saturated heterocycles. The molecule has 11 heavy (non-hydrogen) atoms. The van der Waals surface area contributed by atoms with Crippen LogP contribution in [0.4, 0.5) is 5.69 Å². The summed E-state index contributed by atoms with van der Waals surface area (Å²) >= 11 is 0.506. The zero-order chi connectivity index (χ0) is 8.27. The fourth-order valence-electron chi connectivity index (χ4n) is 0.789. The van der Waals surface area contributed by atoms with E-state index in [9.17, 15) is 0 Å². The molecule has 0 amide bonds. The summed E-state index contributed by atoms with van der Waals surface area (Å²) in [6.07, 6.45) is 1.87. The standard InChI is InChI=1S/C8H12N2Se/c1-10(2)7-4-5-9-8(6-7)11-3/h4-6H,1-3H3. The van der Waals surface area contributed by atoms with Gasteiger partial charge in [0.1, 0.15) is 0 Å². The average molecular weight is 215 g/mol. The minimum atomic E-state index is 0.506. The van der Waals surface area contributed by atoms with Gasteiger partial charge in [-0.15, -0.1) is 0 Å². The van der Waals surface area contributed by atoms with E-state index in [1.54, 1.807) is 0 Å². The summed E-state index contributed by atoms with van der Waals surface area (Å²) in [7, 11) is 4.09. The number of pyridine rings is 1. The quantitative estimate of drug-likeness (QED) is 0.669. The molecule has 1 aromatic rings. The molecular formula is C8H12N2Se. The number of nitrogens with zero attached hydrogens (tertiary/aromatic N) is 2. The maximum absolute atomic E-state index is 4.24. The first kappa shape index (κ1) is 8.56. The van der Waals surface area contributed by atoms with Gasteiger partial charge in [0.2, 0.25) is 0 Å². The SMILES string of the molecule is C[Se]c1cc(N(C)C)ccn1. The van der Waals surface area contributed by atoms with Gasteiger partial charge in [-0.05, 0) is 0 Å². The van der Waals surface area contributed by atoms with E-state index in [2.05, 4.69) is 21.8 Å². The zero-order valence-electron chi connectivity index (χ0n) is 7.03. The van der Waals surface area contributed by atoms with Gasteiger partial charge in [-0.1, -0.05) is 0 Å².